The molecule has 54 valence electrons. The van der Waals surface area contributed by atoms with Gasteiger partial charge in [-0.1, -0.05) is 0 Å². The van der Waals surface area contributed by atoms with Crippen molar-refractivity contribution in [2.75, 3.05) is 6.54 Å². The van der Waals surface area contributed by atoms with E-state index in [9.17, 15) is 0 Å². The largest absolute Gasteiger partial charge is 0.369 e. The number of nitrogens with one attached hydrogen (secondary N) is 1. The standard InChI is InChI=1S/C6H10N4/c7-4-10-6(8)9-3-5-1-2-5/h5H,1-3H2,(H3,8,9,10). The molecule has 10 heavy (non-hydrogen) atoms. The summed E-state index contributed by atoms with van der Waals surface area (Å²) >= 11 is 0. The fraction of sp³-hybridized carbons (Fsp3) is 0.667. The zero-order valence-electron chi connectivity index (χ0n) is 5.67. The second kappa shape index (κ2) is 3.06. The molecule has 4 nitrogen and oxygen atoms in total. The highest BCUT2D eigenvalue weighted by Gasteiger charge is 2.20. The van der Waals surface area contributed by atoms with E-state index in [0.717, 1.165) is 12.5 Å². The molecular weight excluding hydrogens is 128 g/mol. The summed E-state index contributed by atoms with van der Waals surface area (Å²) in [5.41, 5.74) is 5.28. The van der Waals surface area contributed by atoms with Gasteiger partial charge < -0.3 is 5.73 Å². The van der Waals surface area contributed by atoms with Crippen LogP contribution in [0.2, 0.25) is 0 Å². The highest BCUT2D eigenvalue weighted by molar-refractivity contribution is 5.79. The fourth-order valence-corrected chi connectivity index (χ4v) is 0.625. The normalized spacial score (nSPS) is 18.1. The maximum Gasteiger partial charge on any atom is 0.202 e. The maximum atomic E-state index is 8.10. The van der Waals surface area contributed by atoms with Gasteiger partial charge in [-0.15, -0.1) is 0 Å². The number of nitrogens with two attached hydrogens (primary N) is 1. The van der Waals surface area contributed by atoms with E-state index in [2.05, 4.69) is 10.3 Å². The van der Waals surface area contributed by atoms with E-state index in [1.807, 2.05) is 0 Å². The molecule has 0 amide bonds. The van der Waals surface area contributed by atoms with Crippen molar-refractivity contribution >= 4 is 5.96 Å². The number of rotatable bonds is 2. The van der Waals surface area contributed by atoms with Crippen LogP contribution in [0.15, 0.2) is 4.99 Å². The van der Waals surface area contributed by atoms with Crippen LogP contribution in [0.5, 0.6) is 0 Å². The van der Waals surface area contributed by atoms with Gasteiger partial charge in [-0.05, 0) is 18.8 Å². The van der Waals surface area contributed by atoms with Gasteiger partial charge >= 0.3 is 0 Å². The molecule has 0 aromatic carbocycles. The molecule has 1 aliphatic carbocycles. The van der Waals surface area contributed by atoms with Crippen molar-refractivity contribution in [1.82, 2.24) is 5.32 Å². The smallest absolute Gasteiger partial charge is 0.202 e. The quantitative estimate of drug-likeness (QED) is 0.240. The summed E-state index contributed by atoms with van der Waals surface area (Å²) in [6.45, 7) is 0.764. The van der Waals surface area contributed by atoms with Gasteiger partial charge in [0.1, 0.15) is 0 Å². The first-order valence-corrected chi connectivity index (χ1v) is 3.28. The van der Waals surface area contributed by atoms with E-state index >= 15 is 0 Å². The van der Waals surface area contributed by atoms with E-state index in [0.29, 0.717) is 0 Å². The Bertz CT molecular complexity index is 175. The minimum atomic E-state index is 0.231. The van der Waals surface area contributed by atoms with Gasteiger partial charge in [-0.2, -0.15) is 5.26 Å². The Morgan fingerprint density at radius 2 is 2.50 bits per heavy atom. The van der Waals surface area contributed by atoms with Crippen molar-refractivity contribution in [3.05, 3.63) is 0 Å². The number of hydrogen-bond acceptors (Lipinski definition) is 2. The lowest BCUT2D eigenvalue weighted by Gasteiger charge is -1.93. The zero-order chi connectivity index (χ0) is 7.40. The Morgan fingerprint density at radius 1 is 1.80 bits per heavy atom. The minimum absolute atomic E-state index is 0.231. The molecule has 0 aromatic heterocycles. The van der Waals surface area contributed by atoms with Crippen LogP contribution in [0.4, 0.5) is 0 Å². The third-order valence-corrected chi connectivity index (χ3v) is 1.40. The number of hydrogen-bond donors (Lipinski definition) is 2. The molecule has 3 N–H and O–H groups in total. The molecule has 1 fully saturated rings. The van der Waals surface area contributed by atoms with E-state index < -0.39 is 0 Å². The fourth-order valence-electron chi connectivity index (χ4n) is 0.625. The Morgan fingerprint density at radius 3 is 3.00 bits per heavy atom. The van der Waals surface area contributed by atoms with Crippen LogP contribution in [-0.4, -0.2) is 12.5 Å². The van der Waals surface area contributed by atoms with Crippen molar-refractivity contribution in [2.24, 2.45) is 16.6 Å². The van der Waals surface area contributed by atoms with Crippen LogP contribution in [0, 0.1) is 17.4 Å². The summed E-state index contributed by atoms with van der Waals surface area (Å²) in [5.74, 6) is 0.952. The first-order valence-electron chi connectivity index (χ1n) is 3.28. The van der Waals surface area contributed by atoms with E-state index in [4.69, 9.17) is 11.0 Å². The number of aliphatic imine (C=N–C) groups is 1. The zero-order valence-corrected chi connectivity index (χ0v) is 5.67. The predicted molar refractivity (Wildman–Crippen MR) is 38.0 cm³/mol. The van der Waals surface area contributed by atoms with Crippen LogP contribution < -0.4 is 11.1 Å². The van der Waals surface area contributed by atoms with Crippen LogP contribution in [0.1, 0.15) is 12.8 Å². The summed E-state index contributed by atoms with van der Waals surface area (Å²) < 4.78 is 0. The Kier molecular flexibility index (Phi) is 2.11. The van der Waals surface area contributed by atoms with Crippen LogP contribution in [-0.2, 0) is 0 Å². The summed E-state index contributed by atoms with van der Waals surface area (Å²) in [6, 6.07) is 0. The molecule has 1 rings (SSSR count). The van der Waals surface area contributed by atoms with E-state index in [1.165, 1.54) is 12.8 Å². The molecule has 1 saturated carbocycles. The van der Waals surface area contributed by atoms with Crippen molar-refractivity contribution in [1.29, 1.82) is 5.26 Å². The van der Waals surface area contributed by atoms with Crippen LogP contribution in [0.25, 0.3) is 0 Å². The van der Waals surface area contributed by atoms with Crippen LogP contribution >= 0.6 is 0 Å². The van der Waals surface area contributed by atoms with Crippen molar-refractivity contribution in [2.45, 2.75) is 12.8 Å². The SMILES string of the molecule is N#CNC(N)=NCC1CC1. The summed E-state index contributed by atoms with van der Waals surface area (Å²) in [7, 11) is 0. The molecule has 4 heteroatoms. The summed E-state index contributed by atoms with van der Waals surface area (Å²) in [6.07, 6.45) is 4.21. The van der Waals surface area contributed by atoms with E-state index in [1.54, 1.807) is 6.19 Å². The lowest BCUT2D eigenvalue weighted by atomic mass is 10.4. The molecule has 1 aliphatic rings. The number of guanidine groups is 1. The topological polar surface area (TPSA) is 74.2 Å². The number of nitriles is 1. The van der Waals surface area contributed by atoms with Gasteiger partial charge in [0.25, 0.3) is 0 Å². The molecule has 0 radical (unpaired) electrons. The lowest BCUT2D eigenvalue weighted by molar-refractivity contribution is 0.841. The average Bonchev–Trinajstić information content (AvgIpc) is 2.67. The molecule has 0 aromatic rings. The molecule has 0 saturated heterocycles. The monoisotopic (exact) mass is 138 g/mol. The lowest BCUT2D eigenvalue weighted by Crippen LogP contribution is -2.27. The van der Waals surface area contributed by atoms with Gasteiger partial charge in [0.15, 0.2) is 6.19 Å². The van der Waals surface area contributed by atoms with Gasteiger partial charge in [0.2, 0.25) is 5.96 Å². The molecule has 0 spiro atoms. The van der Waals surface area contributed by atoms with Crippen molar-refractivity contribution in [3.63, 3.8) is 0 Å². The summed E-state index contributed by atoms with van der Waals surface area (Å²) in [5, 5.41) is 10.4. The van der Waals surface area contributed by atoms with Gasteiger partial charge in [-0.25, -0.2) is 0 Å². The highest BCUT2D eigenvalue weighted by Crippen LogP contribution is 2.28. The average molecular weight is 138 g/mol. The van der Waals surface area contributed by atoms with Crippen molar-refractivity contribution in [3.8, 4) is 6.19 Å². The molecule has 0 aliphatic heterocycles. The second-order valence-corrected chi connectivity index (χ2v) is 2.41. The second-order valence-electron chi connectivity index (χ2n) is 2.41. The Hall–Kier alpha value is -1.24. The predicted octanol–water partition coefficient (Wildman–Crippen LogP) is -0.218. The first-order chi connectivity index (χ1) is 4.83. The molecule has 0 heterocycles. The highest BCUT2D eigenvalue weighted by atomic mass is 15.1. The molecule has 0 unspecified atom stereocenters. The third-order valence-electron chi connectivity index (χ3n) is 1.40. The molecule has 0 bridgehead atoms. The molecule has 0 atom stereocenters. The maximum absolute atomic E-state index is 8.10. The Labute approximate surface area is 59.7 Å². The van der Waals surface area contributed by atoms with E-state index in [-0.39, 0.29) is 5.96 Å². The minimum Gasteiger partial charge on any atom is -0.369 e. The molecular formula is C6H10N4. The first kappa shape index (κ1) is 6.87. The van der Waals surface area contributed by atoms with Gasteiger partial charge in [0, 0.05) is 6.54 Å². The number of nitrogens with zero attached hydrogens (tertiary/aromatic N) is 2. The van der Waals surface area contributed by atoms with Gasteiger partial charge in [-0.3, -0.25) is 10.3 Å². The van der Waals surface area contributed by atoms with Crippen molar-refractivity contribution < 1.29 is 0 Å². The van der Waals surface area contributed by atoms with Crippen LogP contribution in [0.3, 0.4) is 0 Å². The Balaban J connectivity index is 2.17. The third kappa shape index (κ3) is 2.35. The summed E-state index contributed by atoms with van der Waals surface area (Å²) in [4.78, 5) is 3.94. The van der Waals surface area contributed by atoms with Gasteiger partial charge in [0.05, 0.1) is 0 Å².